The predicted molar refractivity (Wildman–Crippen MR) is 49.3 cm³/mol. The second-order valence-electron chi connectivity index (χ2n) is 4.32. The van der Waals surface area contributed by atoms with E-state index in [9.17, 15) is 4.21 Å². The lowest BCUT2D eigenvalue weighted by atomic mass is 10.1. The number of rotatable bonds is 1. The van der Waals surface area contributed by atoms with Gasteiger partial charge >= 0.3 is 0 Å². The first-order valence-electron chi connectivity index (χ1n) is 4.03. The normalized spacial score (nSPS) is 24.4. The van der Waals surface area contributed by atoms with Crippen molar-refractivity contribution in [1.82, 2.24) is 0 Å². The average molecular weight is 175 g/mol. The van der Waals surface area contributed by atoms with Gasteiger partial charge in [0, 0.05) is 21.2 Å². The first kappa shape index (κ1) is 9.04. The molecule has 1 unspecified atom stereocenters. The highest BCUT2D eigenvalue weighted by Crippen LogP contribution is 2.30. The summed E-state index contributed by atoms with van der Waals surface area (Å²) in [5.41, 5.74) is -0.144. The van der Waals surface area contributed by atoms with Gasteiger partial charge in [-0.05, 0) is 33.6 Å². The monoisotopic (exact) mass is 175 g/mol. The Labute approximate surface area is 69.6 Å². The van der Waals surface area contributed by atoms with E-state index in [4.69, 9.17) is 0 Å². The molecule has 1 aliphatic carbocycles. The Balaban J connectivity index is 2.86. The van der Waals surface area contributed by atoms with Crippen molar-refractivity contribution in [2.75, 3.05) is 6.26 Å². The fraction of sp³-hybridized carbons (Fsp3) is 1.00. The van der Waals surface area contributed by atoms with Crippen LogP contribution in [0.15, 0.2) is 4.36 Å². The Morgan fingerprint density at radius 1 is 1.36 bits per heavy atom. The molecular weight excluding hydrogens is 158 g/mol. The minimum atomic E-state index is -1.87. The second kappa shape index (κ2) is 2.47. The van der Waals surface area contributed by atoms with E-state index in [-0.39, 0.29) is 5.54 Å². The van der Waals surface area contributed by atoms with Crippen molar-refractivity contribution in [3.05, 3.63) is 0 Å². The molecule has 0 aromatic carbocycles. The molecule has 1 rings (SSSR count). The van der Waals surface area contributed by atoms with Gasteiger partial charge in [0.1, 0.15) is 0 Å². The van der Waals surface area contributed by atoms with Crippen LogP contribution in [0.25, 0.3) is 0 Å². The van der Waals surface area contributed by atoms with E-state index in [1.165, 1.54) is 0 Å². The van der Waals surface area contributed by atoms with E-state index >= 15 is 0 Å². The summed E-state index contributed by atoms with van der Waals surface area (Å²) < 4.78 is 16.1. The lowest BCUT2D eigenvalue weighted by molar-refractivity contribution is 0.581. The third-order valence-corrected chi connectivity index (χ3v) is 4.22. The zero-order valence-electron chi connectivity index (χ0n) is 7.76. The number of hydrogen-bond donors (Lipinski definition) is 0. The Bertz CT molecular complexity index is 252. The molecule has 0 N–H and O–H groups in total. The summed E-state index contributed by atoms with van der Waals surface area (Å²) in [4.78, 5) is 0. The molecule has 1 saturated carbocycles. The molecule has 0 aromatic rings. The summed E-state index contributed by atoms with van der Waals surface area (Å²) in [7, 11) is -1.87. The Kier molecular flexibility index (Phi) is 2.03. The first-order chi connectivity index (χ1) is 4.81. The average Bonchev–Trinajstić information content (AvgIpc) is 2.30. The largest absolute Gasteiger partial charge is 0.250 e. The van der Waals surface area contributed by atoms with Gasteiger partial charge in [-0.3, -0.25) is 0 Å². The topological polar surface area (TPSA) is 29.4 Å². The van der Waals surface area contributed by atoms with E-state index in [1.54, 1.807) is 6.26 Å². The van der Waals surface area contributed by atoms with Gasteiger partial charge in [0.25, 0.3) is 0 Å². The lowest BCUT2D eigenvalue weighted by Gasteiger charge is -2.14. The summed E-state index contributed by atoms with van der Waals surface area (Å²) >= 11 is 0. The van der Waals surface area contributed by atoms with Crippen molar-refractivity contribution in [3.63, 3.8) is 0 Å². The van der Waals surface area contributed by atoms with Crippen LogP contribution in [0.2, 0.25) is 0 Å². The summed E-state index contributed by atoms with van der Waals surface area (Å²) in [5.74, 6) is 0. The number of hydrogen-bond acceptors (Lipinski definition) is 2. The minimum Gasteiger partial charge on any atom is -0.250 e. The van der Waals surface area contributed by atoms with Crippen LogP contribution < -0.4 is 0 Å². The molecular formula is C8H17NOS. The third-order valence-electron chi connectivity index (χ3n) is 1.60. The summed E-state index contributed by atoms with van der Waals surface area (Å²) in [5, 5.41) is 0.390. The molecule has 1 atom stereocenters. The zero-order chi connectivity index (χ0) is 8.70. The molecule has 0 heterocycles. The molecule has 1 fully saturated rings. The highest BCUT2D eigenvalue weighted by Gasteiger charge is 2.31. The Morgan fingerprint density at radius 3 is 2.09 bits per heavy atom. The van der Waals surface area contributed by atoms with Gasteiger partial charge in [-0.2, -0.15) is 0 Å². The summed E-state index contributed by atoms with van der Waals surface area (Å²) in [6, 6.07) is 0. The third kappa shape index (κ3) is 2.81. The second-order valence-corrected chi connectivity index (χ2v) is 6.89. The van der Waals surface area contributed by atoms with Crippen LogP contribution in [-0.2, 0) is 9.73 Å². The fourth-order valence-corrected chi connectivity index (χ4v) is 3.37. The van der Waals surface area contributed by atoms with Crippen LogP contribution in [0.3, 0.4) is 0 Å². The van der Waals surface area contributed by atoms with Gasteiger partial charge in [-0.1, -0.05) is 0 Å². The Morgan fingerprint density at radius 2 is 1.82 bits per heavy atom. The first-order valence-corrected chi connectivity index (χ1v) is 6.02. The van der Waals surface area contributed by atoms with E-state index in [0.717, 1.165) is 12.8 Å². The van der Waals surface area contributed by atoms with Crippen molar-refractivity contribution in [1.29, 1.82) is 0 Å². The molecule has 0 bridgehead atoms. The molecule has 2 nitrogen and oxygen atoms in total. The van der Waals surface area contributed by atoms with Crippen LogP contribution >= 0.6 is 0 Å². The van der Waals surface area contributed by atoms with Gasteiger partial charge in [0.05, 0.1) is 5.54 Å². The quantitative estimate of drug-likeness (QED) is 0.599. The van der Waals surface area contributed by atoms with Gasteiger partial charge in [-0.25, -0.2) is 8.57 Å². The van der Waals surface area contributed by atoms with Gasteiger partial charge in [-0.15, -0.1) is 0 Å². The maximum Gasteiger partial charge on any atom is 0.0618 e. The minimum absolute atomic E-state index is 0.144. The highest BCUT2D eigenvalue weighted by molar-refractivity contribution is 7.93. The predicted octanol–water partition coefficient (Wildman–Crippen LogP) is 2.05. The van der Waals surface area contributed by atoms with Crippen molar-refractivity contribution >= 4 is 9.73 Å². The van der Waals surface area contributed by atoms with Crippen molar-refractivity contribution in [3.8, 4) is 0 Å². The maximum atomic E-state index is 11.8. The highest BCUT2D eigenvalue weighted by atomic mass is 32.2. The fourth-order valence-electron chi connectivity index (χ4n) is 1.12. The molecule has 0 amide bonds. The van der Waals surface area contributed by atoms with E-state index in [0.29, 0.717) is 5.25 Å². The van der Waals surface area contributed by atoms with Crippen molar-refractivity contribution < 1.29 is 4.21 Å². The lowest BCUT2D eigenvalue weighted by Crippen LogP contribution is -2.16. The standard InChI is InChI=1S/C8H17NOS/c1-8(2,3)9-11(4,10)7-5-6-7/h7H,5-6H2,1-4H3. The van der Waals surface area contributed by atoms with Gasteiger partial charge in [0.2, 0.25) is 0 Å². The van der Waals surface area contributed by atoms with Crippen LogP contribution in [0, 0.1) is 0 Å². The van der Waals surface area contributed by atoms with Crippen LogP contribution in [0.1, 0.15) is 33.6 Å². The summed E-state index contributed by atoms with van der Waals surface area (Å²) in [6.45, 7) is 6.00. The molecule has 0 saturated heterocycles. The SMILES string of the molecule is CC(C)(C)N=S(C)(=O)C1CC1. The maximum absolute atomic E-state index is 11.8. The number of nitrogens with zero attached hydrogens (tertiary/aromatic N) is 1. The van der Waals surface area contributed by atoms with E-state index in [1.807, 2.05) is 20.8 Å². The smallest absolute Gasteiger partial charge is 0.0618 e. The summed E-state index contributed by atoms with van der Waals surface area (Å²) in [6.07, 6.45) is 4.00. The molecule has 0 spiro atoms. The van der Waals surface area contributed by atoms with Crippen LogP contribution in [0.5, 0.6) is 0 Å². The molecule has 1 aliphatic rings. The van der Waals surface area contributed by atoms with Crippen molar-refractivity contribution in [2.24, 2.45) is 4.36 Å². The van der Waals surface area contributed by atoms with Gasteiger partial charge < -0.3 is 0 Å². The van der Waals surface area contributed by atoms with E-state index in [2.05, 4.69) is 4.36 Å². The molecule has 3 heteroatoms. The zero-order valence-corrected chi connectivity index (χ0v) is 8.57. The van der Waals surface area contributed by atoms with Gasteiger partial charge in [0.15, 0.2) is 0 Å². The van der Waals surface area contributed by atoms with Crippen LogP contribution in [-0.4, -0.2) is 21.3 Å². The van der Waals surface area contributed by atoms with E-state index < -0.39 is 9.73 Å². The molecule has 0 radical (unpaired) electrons. The molecule has 66 valence electrons. The Hall–Kier alpha value is -0.0500. The molecule has 11 heavy (non-hydrogen) atoms. The molecule has 0 aromatic heterocycles. The van der Waals surface area contributed by atoms with Crippen molar-refractivity contribution in [2.45, 2.75) is 44.4 Å². The van der Waals surface area contributed by atoms with Crippen LogP contribution in [0.4, 0.5) is 0 Å². The molecule has 0 aliphatic heterocycles.